The number of benzene rings is 2. The number of aromatic nitrogens is 1. The summed E-state index contributed by atoms with van der Waals surface area (Å²) in [4.78, 5) is 39.8. The number of amides is 3. The van der Waals surface area contributed by atoms with E-state index in [4.69, 9.17) is 11.6 Å². The third-order valence-electron chi connectivity index (χ3n) is 3.96. The summed E-state index contributed by atoms with van der Waals surface area (Å²) in [5, 5.41) is 11.2. The first-order valence-corrected chi connectivity index (χ1v) is 10.3. The molecule has 0 atom stereocenters. The van der Waals surface area contributed by atoms with Gasteiger partial charge in [-0.3, -0.25) is 14.4 Å². The first-order valence-electron chi connectivity index (χ1n) is 9.08. The molecule has 2 aromatic carbocycles. The molecule has 0 radical (unpaired) electrons. The number of thiazole rings is 1. The van der Waals surface area contributed by atoms with E-state index < -0.39 is 11.8 Å². The molecule has 0 aliphatic carbocycles. The highest BCUT2D eigenvalue weighted by molar-refractivity contribution is 7.13. The number of hydrogen-bond acceptors (Lipinski definition) is 5. The molecule has 0 spiro atoms. The normalized spacial score (nSPS) is 10.3. The van der Waals surface area contributed by atoms with Crippen LogP contribution in [0.1, 0.15) is 12.6 Å². The summed E-state index contributed by atoms with van der Waals surface area (Å²) in [5.41, 5.74) is 2.74. The van der Waals surface area contributed by atoms with E-state index in [1.807, 2.05) is 29.6 Å². The molecular weight excluding hydrogens is 424 g/mol. The lowest BCUT2D eigenvalue weighted by molar-refractivity contribution is -0.136. The monoisotopic (exact) mass is 442 g/mol. The van der Waals surface area contributed by atoms with Crippen molar-refractivity contribution < 1.29 is 14.4 Å². The van der Waals surface area contributed by atoms with E-state index in [0.29, 0.717) is 22.8 Å². The van der Waals surface area contributed by atoms with Crippen LogP contribution < -0.4 is 16.0 Å². The Labute approximate surface area is 182 Å². The molecule has 0 aliphatic rings. The zero-order chi connectivity index (χ0) is 21.5. The van der Waals surface area contributed by atoms with Gasteiger partial charge in [0.25, 0.3) is 0 Å². The molecule has 0 unspecified atom stereocenters. The topological polar surface area (TPSA) is 100 Å². The van der Waals surface area contributed by atoms with E-state index in [1.165, 1.54) is 18.3 Å². The fourth-order valence-corrected chi connectivity index (χ4v) is 3.58. The molecule has 1 aromatic heterocycles. The second-order valence-electron chi connectivity index (χ2n) is 6.37. The number of carbonyl (C=O) groups is 3. The summed E-state index contributed by atoms with van der Waals surface area (Å²) in [6.07, 6.45) is 0.501. The van der Waals surface area contributed by atoms with Crippen LogP contribution >= 0.6 is 22.9 Å². The average Bonchev–Trinajstić information content (AvgIpc) is 3.17. The molecule has 0 saturated carbocycles. The fraction of sp³-hybridized carbons (Fsp3) is 0.143. The second-order valence-corrected chi connectivity index (χ2v) is 7.67. The van der Waals surface area contributed by atoms with Crippen molar-refractivity contribution in [3.63, 3.8) is 0 Å². The molecule has 0 bridgehead atoms. The minimum Gasteiger partial charge on any atom is -0.347 e. The molecule has 3 rings (SSSR count). The van der Waals surface area contributed by atoms with Gasteiger partial charge < -0.3 is 16.0 Å². The maximum atomic E-state index is 12.1. The maximum Gasteiger partial charge on any atom is 0.313 e. The van der Waals surface area contributed by atoms with Gasteiger partial charge in [0, 0.05) is 47.2 Å². The number of nitrogens with zero attached hydrogens (tertiary/aromatic N) is 1. The van der Waals surface area contributed by atoms with Crippen molar-refractivity contribution >= 4 is 52.0 Å². The zero-order valence-corrected chi connectivity index (χ0v) is 17.6. The number of rotatable bonds is 6. The van der Waals surface area contributed by atoms with Crippen molar-refractivity contribution in [3.05, 3.63) is 64.6 Å². The van der Waals surface area contributed by atoms with Gasteiger partial charge in [-0.05, 0) is 30.3 Å². The number of carbonyl (C=O) groups excluding carboxylic acids is 3. The number of hydrogen-bond donors (Lipinski definition) is 3. The summed E-state index contributed by atoms with van der Waals surface area (Å²) in [6, 6.07) is 14.0. The molecule has 1 heterocycles. The van der Waals surface area contributed by atoms with Crippen molar-refractivity contribution in [2.45, 2.75) is 13.3 Å². The van der Waals surface area contributed by atoms with E-state index in [9.17, 15) is 14.4 Å². The lowest BCUT2D eigenvalue weighted by atomic mass is 10.2. The van der Waals surface area contributed by atoms with Crippen LogP contribution in [0.4, 0.5) is 11.4 Å². The Balaban J connectivity index is 1.48. The molecule has 9 heteroatoms. The molecule has 0 fully saturated rings. The quantitative estimate of drug-likeness (QED) is 0.506. The minimum atomic E-state index is -0.782. The van der Waals surface area contributed by atoms with Gasteiger partial charge in [0.1, 0.15) is 5.01 Å². The zero-order valence-electron chi connectivity index (χ0n) is 16.1. The van der Waals surface area contributed by atoms with Gasteiger partial charge in [0.05, 0.1) is 5.69 Å². The van der Waals surface area contributed by atoms with Crippen LogP contribution in [0.3, 0.4) is 0 Å². The van der Waals surface area contributed by atoms with Gasteiger partial charge >= 0.3 is 11.8 Å². The van der Waals surface area contributed by atoms with Gasteiger partial charge in [0.2, 0.25) is 5.91 Å². The predicted molar refractivity (Wildman–Crippen MR) is 119 cm³/mol. The second kappa shape index (κ2) is 10.00. The molecule has 154 valence electrons. The molecular formula is C21H19ClN4O3S. The molecule has 0 aliphatic heterocycles. The first-order chi connectivity index (χ1) is 14.4. The van der Waals surface area contributed by atoms with Crippen molar-refractivity contribution in [1.29, 1.82) is 0 Å². The Bertz CT molecular complexity index is 1070. The number of nitrogens with one attached hydrogen (secondary N) is 3. The molecule has 3 aromatic rings. The Morgan fingerprint density at radius 1 is 1.00 bits per heavy atom. The van der Waals surface area contributed by atoms with Gasteiger partial charge in [-0.2, -0.15) is 0 Å². The summed E-state index contributed by atoms with van der Waals surface area (Å²) in [6.45, 7) is 1.67. The van der Waals surface area contributed by atoms with Crippen LogP contribution in [0.2, 0.25) is 5.02 Å². The average molecular weight is 443 g/mol. The molecule has 0 saturated heterocycles. The SMILES string of the molecule is CC(=O)Nc1cccc(NC(=O)C(=O)NCCc2csc(-c3ccc(Cl)cc3)n2)c1. The van der Waals surface area contributed by atoms with Gasteiger partial charge in [-0.15, -0.1) is 11.3 Å². The van der Waals surface area contributed by atoms with E-state index >= 15 is 0 Å². The summed E-state index contributed by atoms with van der Waals surface area (Å²) in [7, 11) is 0. The van der Waals surface area contributed by atoms with E-state index in [0.717, 1.165) is 16.3 Å². The first kappa shape index (κ1) is 21.5. The number of halogens is 1. The summed E-state index contributed by atoms with van der Waals surface area (Å²) < 4.78 is 0. The third kappa shape index (κ3) is 6.13. The third-order valence-corrected chi connectivity index (χ3v) is 5.15. The van der Waals surface area contributed by atoms with Crippen LogP contribution in [-0.2, 0) is 20.8 Å². The van der Waals surface area contributed by atoms with Crippen LogP contribution in [0.15, 0.2) is 53.9 Å². The number of anilines is 2. The Morgan fingerprint density at radius 2 is 1.70 bits per heavy atom. The highest BCUT2D eigenvalue weighted by Crippen LogP contribution is 2.25. The highest BCUT2D eigenvalue weighted by atomic mass is 35.5. The molecule has 7 nitrogen and oxygen atoms in total. The maximum absolute atomic E-state index is 12.1. The van der Waals surface area contributed by atoms with E-state index in [-0.39, 0.29) is 12.5 Å². The lowest BCUT2D eigenvalue weighted by Gasteiger charge is -2.08. The van der Waals surface area contributed by atoms with Gasteiger partial charge in [-0.1, -0.05) is 29.8 Å². The Kier molecular flexibility index (Phi) is 7.16. The van der Waals surface area contributed by atoms with Crippen molar-refractivity contribution in [2.24, 2.45) is 0 Å². The van der Waals surface area contributed by atoms with E-state index in [1.54, 1.807) is 24.3 Å². The highest BCUT2D eigenvalue weighted by Gasteiger charge is 2.14. The van der Waals surface area contributed by atoms with E-state index in [2.05, 4.69) is 20.9 Å². The minimum absolute atomic E-state index is 0.225. The van der Waals surface area contributed by atoms with Crippen molar-refractivity contribution in [1.82, 2.24) is 10.3 Å². The summed E-state index contributed by atoms with van der Waals surface area (Å²) >= 11 is 7.40. The largest absolute Gasteiger partial charge is 0.347 e. The smallest absolute Gasteiger partial charge is 0.313 e. The Hall–Kier alpha value is -3.23. The van der Waals surface area contributed by atoms with Crippen LogP contribution in [0.25, 0.3) is 10.6 Å². The van der Waals surface area contributed by atoms with Gasteiger partial charge in [-0.25, -0.2) is 4.98 Å². The molecule has 30 heavy (non-hydrogen) atoms. The van der Waals surface area contributed by atoms with Gasteiger partial charge in [0.15, 0.2) is 0 Å². The van der Waals surface area contributed by atoms with Crippen LogP contribution in [0.5, 0.6) is 0 Å². The van der Waals surface area contributed by atoms with Crippen LogP contribution in [-0.4, -0.2) is 29.3 Å². The standard InChI is InChI=1S/C21H19ClN4O3S/c1-13(27)24-16-3-2-4-17(11-16)25-20(29)19(28)23-10-9-18-12-30-21(26-18)14-5-7-15(22)8-6-14/h2-8,11-12H,9-10H2,1H3,(H,23,28)(H,24,27)(H,25,29). The van der Waals surface area contributed by atoms with Crippen molar-refractivity contribution in [3.8, 4) is 10.6 Å². The molecule has 3 N–H and O–H groups in total. The van der Waals surface area contributed by atoms with Crippen LogP contribution in [0, 0.1) is 0 Å². The lowest BCUT2D eigenvalue weighted by Crippen LogP contribution is -2.36. The fourth-order valence-electron chi connectivity index (χ4n) is 2.60. The predicted octanol–water partition coefficient (Wildman–Crippen LogP) is 3.72. The summed E-state index contributed by atoms with van der Waals surface area (Å²) in [5.74, 6) is -1.75. The van der Waals surface area contributed by atoms with Crippen molar-refractivity contribution in [2.75, 3.05) is 17.2 Å². The molecule has 3 amide bonds. The Morgan fingerprint density at radius 3 is 2.40 bits per heavy atom.